The van der Waals surface area contributed by atoms with Gasteiger partial charge in [0.2, 0.25) is 5.91 Å². The molecule has 0 radical (unpaired) electrons. The number of nitrogens with zero attached hydrogens (tertiary/aromatic N) is 1. The molecule has 1 aliphatic rings. The lowest BCUT2D eigenvalue weighted by Crippen LogP contribution is -2.52. The first-order valence-electron chi connectivity index (χ1n) is 7.80. The third-order valence-corrected chi connectivity index (χ3v) is 3.84. The van der Waals surface area contributed by atoms with Gasteiger partial charge in [-0.25, -0.2) is 5.06 Å². The Morgan fingerprint density at radius 2 is 1.90 bits per heavy atom. The lowest BCUT2D eigenvalue weighted by molar-refractivity contribution is -0.234. The van der Waals surface area contributed by atoms with E-state index in [1.54, 1.807) is 5.06 Å². The Bertz CT molecular complexity index is 405. The summed E-state index contributed by atoms with van der Waals surface area (Å²) in [5.74, 6) is 0.125. The van der Waals surface area contributed by atoms with Crippen molar-refractivity contribution in [1.82, 2.24) is 5.06 Å². The van der Waals surface area contributed by atoms with Crippen molar-refractivity contribution >= 4 is 5.91 Å². The topological polar surface area (TPSA) is 29.5 Å². The first kappa shape index (κ1) is 15.0. The Balaban J connectivity index is 1.66. The zero-order valence-electron chi connectivity index (χ0n) is 12.4. The molecular formula is C17H25NO2. The number of amides is 1. The van der Waals surface area contributed by atoms with Crippen molar-refractivity contribution in [2.24, 2.45) is 0 Å². The summed E-state index contributed by atoms with van der Waals surface area (Å²) in [5.41, 5.74) is 1.11. The summed E-state index contributed by atoms with van der Waals surface area (Å²) in [7, 11) is 0. The van der Waals surface area contributed by atoms with E-state index in [4.69, 9.17) is 4.84 Å². The predicted octanol–water partition coefficient (Wildman–Crippen LogP) is 4.08. The van der Waals surface area contributed by atoms with Crippen LogP contribution in [0.15, 0.2) is 30.3 Å². The molecule has 1 heterocycles. The molecular weight excluding hydrogens is 250 g/mol. The normalized spacial score (nSPS) is 18.1. The molecule has 0 aliphatic carbocycles. The highest BCUT2D eigenvalue weighted by atomic mass is 16.7. The summed E-state index contributed by atoms with van der Waals surface area (Å²) in [6.45, 7) is 2.71. The number of rotatable bonds is 9. The van der Waals surface area contributed by atoms with Crippen LogP contribution in [0.4, 0.5) is 0 Å². The maximum atomic E-state index is 11.6. The summed E-state index contributed by atoms with van der Waals surface area (Å²) in [4.78, 5) is 17.2. The molecule has 1 amide bonds. The molecule has 3 heteroatoms. The van der Waals surface area contributed by atoms with Crippen molar-refractivity contribution in [3.8, 4) is 0 Å². The highest BCUT2D eigenvalue weighted by Gasteiger charge is 2.36. The van der Waals surface area contributed by atoms with Gasteiger partial charge in [-0.3, -0.25) is 9.63 Å². The summed E-state index contributed by atoms with van der Waals surface area (Å²) >= 11 is 0. The van der Waals surface area contributed by atoms with Crippen molar-refractivity contribution < 1.29 is 9.63 Å². The molecule has 20 heavy (non-hydrogen) atoms. The maximum Gasteiger partial charge on any atom is 0.248 e. The minimum Gasteiger partial charge on any atom is -0.272 e. The van der Waals surface area contributed by atoms with E-state index in [-0.39, 0.29) is 5.91 Å². The van der Waals surface area contributed by atoms with Gasteiger partial charge in [-0.05, 0) is 12.0 Å². The van der Waals surface area contributed by atoms with E-state index in [9.17, 15) is 4.79 Å². The third-order valence-electron chi connectivity index (χ3n) is 3.84. The van der Waals surface area contributed by atoms with Gasteiger partial charge in [-0.15, -0.1) is 0 Å². The van der Waals surface area contributed by atoms with Crippen LogP contribution in [0.3, 0.4) is 0 Å². The minimum atomic E-state index is 0.125. The lowest BCUT2D eigenvalue weighted by Gasteiger charge is -2.39. The molecule has 0 spiro atoms. The van der Waals surface area contributed by atoms with Crippen LogP contribution in [0, 0.1) is 0 Å². The number of unbranched alkanes of at least 4 members (excludes halogenated alkanes) is 4. The molecule has 0 saturated carbocycles. The number of β-lactam (4-membered cyclic amide) rings is 1. The van der Waals surface area contributed by atoms with Crippen molar-refractivity contribution in [3.63, 3.8) is 0 Å². The smallest absolute Gasteiger partial charge is 0.248 e. The molecule has 110 valence electrons. The molecule has 0 N–H and O–H groups in total. The van der Waals surface area contributed by atoms with E-state index in [0.717, 1.165) is 12.0 Å². The van der Waals surface area contributed by atoms with Gasteiger partial charge in [0.05, 0.1) is 12.5 Å². The van der Waals surface area contributed by atoms with Gasteiger partial charge in [-0.1, -0.05) is 69.4 Å². The average Bonchev–Trinajstić information content (AvgIpc) is 2.47. The van der Waals surface area contributed by atoms with Crippen molar-refractivity contribution in [1.29, 1.82) is 0 Å². The van der Waals surface area contributed by atoms with Gasteiger partial charge < -0.3 is 0 Å². The number of carbonyl (C=O) groups is 1. The van der Waals surface area contributed by atoms with Gasteiger partial charge >= 0.3 is 0 Å². The van der Waals surface area contributed by atoms with Crippen LogP contribution in [-0.4, -0.2) is 17.0 Å². The Labute approximate surface area is 121 Å². The average molecular weight is 275 g/mol. The first-order valence-corrected chi connectivity index (χ1v) is 7.80. The predicted molar refractivity (Wildman–Crippen MR) is 79.9 cm³/mol. The molecule has 0 bridgehead atoms. The Kier molecular flexibility index (Phi) is 6.06. The van der Waals surface area contributed by atoms with Crippen LogP contribution in [0.2, 0.25) is 0 Å². The zero-order chi connectivity index (χ0) is 14.2. The first-order chi connectivity index (χ1) is 9.81. The molecule has 1 aromatic carbocycles. The van der Waals surface area contributed by atoms with Crippen LogP contribution >= 0.6 is 0 Å². The summed E-state index contributed by atoms with van der Waals surface area (Å²) in [6.07, 6.45) is 8.09. The number of hydrogen-bond donors (Lipinski definition) is 0. The van der Waals surface area contributed by atoms with Gasteiger partial charge in [0.15, 0.2) is 0 Å². The zero-order valence-corrected chi connectivity index (χ0v) is 12.4. The van der Waals surface area contributed by atoms with Crippen LogP contribution in [0.5, 0.6) is 0 Å². The third kappa shape index (κ3) is 4.34. The molecule has 1 atom stereocenters. The molecule has 1 saturated heterocycles. The molecule has 0 aromatic heterocycles. The van der Waals surface area contributed by atoms with Crippen molar-refractivity contribution in [3.05, 3.63) is 35.9 Å². The van der Waals surface area contributed by atoms with Crippen LogP contribution in [0.1, 0.15) is 57.4 Å². The number of benzene rings is 1. The van der Waals surface area contributed by atoms with Crippen LogP contribution in [-0.2, 0) is 16.2 Å². The molecule has 1 fully saturated rings. The molecule has 3 nitrogen and oxygen atoms in total. The van der Waals surface area contributed by atoms with E-state index >= 15 is 0 Å². The largest absolute Gasteiger partial charge is 0.272 e. The molecule has 1 aliphatic heterocycles. The van der Waals surface area contributed by atoms with Crippen LogP contribution in [0.25, 0.3) is 0 Å². The molecule has 0 unspecified atom stereocenters. The maximum absolute atomic E-state index is 11.6. The second kappa shape index (κ2) is 8.05. The summed E-state index contributed by atoms with van der Waals surface area (Å²) < 4.78 is 0. The summed E-state index contributed by atoms with van der Waals surface area (Å²) in [5, 5.41) is 1.59. The molecule has 1 aromatic rings. The van der Waals surface area contributed by atoms with Gasteiger partial charge in [0.1, 0.15) is 6.61 Å². The standard InChI is InChI=1S/C17H25NO2/c1-2-3-4-5-9-12-16-13-17(19)18(16)20-14-15-10-7-6-8-11-15/h6-8,10-11,16H,2-5,9,12-14H2,1H3/t16-/m1/s1. The second-order valence-corrected chi connectivity index (χ2v) is 5.54. The fraction of sp³-hybridized carbons (Fsp3) is 0.588. The monoisotopic (exact) mass is 275 g/mol. The van der Waals surface area contributed by atoms with E-state index in [1.807, 2.05) is 30.3 Å². The van der Waals surface area contributed by atoms with E-state index in [0.29, 0.717) is 19.1 Å². The second-order valence-electron chi connectivity index (χ2n) is 5.54. The number of hydroxylamine groups is 2. The molecule has 2 rings (SSSR count). The van der Waals surface area contributed by atoms with Crippen molar-refractivity contribution in [2.45, 2.75) is 64.5 Å². The van der Waals surface area contributed by atoms with E-state index in [1.165, 1.54) is 32.1 Å². The van der Waals surface area contributed by atoms with Crippen molar-refractivity contribution in [2.75, 3.05) is 0 Å². The number of hydrogen-bond acceptors (Lipinski definition) is 2. The lowest BCUT2D eigenvalue weighted by atomic mass is 9.98. The highest BCUT2D eigenvalue weighted by Crippen LogP contribution is 2.25. The Hall–Kier alpha value is -1.35. The number of carbonyl (C=O) groups excluding carboxylic acids is 1. The summed E-state index contributed by atoms with van der Waals surface area (Å²) in [6, 6.07) is 10.3. The van der Waals surface area contributed by atoms with Crippen LogP contribution < -0.4 is 0 Å². The quantitative estimate of drug-likeness (QED) is 0.502. The fourth-order valence-corrected chi connectivity index (χ4v) is 2.56. The highest BCUT2D eigenvalue weighted by molar-refractivity contribution is 5.81. The Morgan fingerprint density at radius 1 is 1.15 bits per heavy atom. The van der Waals surface area contributed by atoms with Gasteiger partial charge in [-0.2, -0.15) is 0 Å². The Morgan fingerprint density at radius 3 is 2.60 bits per heavy atom. The fourth-order valence-electron chi connectivity index (χ4n) is 2.56. The van der Waals surface area contributed by atoms with E-state index < -0.39 is 0 Å². The van der Waals surface area contributed by atoms with Gasteiger partial charge in [0, 0.05) is 0 Å². The van der Waals surface area contributed by atoms with Gasteiger partial charge in [0.25, 0.3) is 0 Å². The van der Waals surface area contributed by atoms with E-state index in [2.05, 4.69) is 6.92 Å². The SMILES string of the molecule is CCCCCCC[C@@H]1CC(=O)N1OCc1ccccc1. The minimum absolute atomic E-state index is 0.125.